The molecular formula is C12H14N6O. The van der Waals surface area contributed by atoms with Gasteiger partial charge in [0, 0.05) is 17.3 Å². The van der Waals surface area contributed by atoms with Gasteiger partial charge in [-0.2, -0.15) is 14.6 Å². The van der Waals surface area contributed by atoms with Crippen molar-refractivity contribution in [2.24, 2.45) is 0 Å². The zero-order valence-electron chi connectivity index (χ0n) is 11.0. The van der Waals surface area contributed by atoms with Gasteiger partial charge in [-0.3, -0.25) is 0 Å². The van der Waals surface area contributed by atoms with Gasteiger partial charge in [-0.25, -0.2) is 4.98 Å². The molecule has 3 aromatic rings. The first-order chi connectivity index (χ1) is 9.16. The molecule has 3 aromatic heterocycles. The Morgan fingerprint density at radius 2 is 2.21 bits per heavy atom. The van der Waals surface area contributed by atoms with Crippen LogP contribution in [0.5, 0.6) is 0 Å². The molecule has 0 spiro atoms. The number of anilines is 1. The van der Waals surface area contributed by atoms with E-state index >= 15 is 0 Å². The quantitative estimate of drug-likeness (QED) is 0.772. The van der Waals surface area contributed by atoms with Crippen molar-refractivity contribution < 1.29 is 4.52 Å². The van der Waals surface area contributed by atoms with Crippen molar-refractivity contribution in [2.45, 2.75) is 26.8 Å². The predicted molar refractivity (Wildman–Crippen MR) is 68.8 cm³/mol. The number of nitrogens with one attached hydrogen (secondary N) is 1. The van der Waals surface area contributed by atoms with Crippen molar-refractivity contribution in [3.8, 4) is 0 Å². The minimum absolute atomic E-state index is 0.00616. The van der Waals surface area contributed by atoms with Crippen LogP contribution in [0.4, 0.5) is 5.82 Å². The van der Waals surface area contributed by atoms with Crippen molar-refractivity contribution in [1.82, 2.24) is 24.7 Å². The second-order valence-electron chi connectivity index (χ2n) is 4.43. The molecule has 0 amide bonds. The largest absolute Gasteiger partial charge is 0.364 e. The summed E-state index contributed by atoms with van der Waals surface area (Å²) >= 11 is 0. The molecule has 0 saturated carbocycles. The van der Waals surface area contributed by atoms with Gasteiger partial charge in [-0.1, -0.05) is 5.16 Å². The van der Waals surface area contributed by atoms with Crippen LogP contribution in [-0.4, -0.2) is 24.7 Å². The summed E-state index contributed by atoms with van der Waals surface area (Å²) in [6.45, 7) is 5.97. The zero-order valence-corrected chi connectivity index (χ0v) is 11.0. The lowest BCUT2D eigenvalue weighted by Gasteiger charge is -2.16. The Morgan fingerprint density at radius 1 is 1.37 bits per heavy atom. The third kappa shape index (κ3) is 1.92. The lowest BCUT2D eigenvalue weighted by Crippen LogP contribution is -2.13. The van der Waals surface area contributed by atoms with Crippen molar-refractivity contribution in [3.05, 3.63) is 35.6 Å². The maximum atomic E-state index is 4.86. The Morgan fingerprint density at radius 3 is 2.95 bits per heavy atom. The summed E-state index contributed by atoms with van der Waals surface area (Å²) in [5.41, 5.74) is 2.80. The van der Waals surface area contributed by atoms with Crippen molar-refractivity contribution >= 4 is 11.6 Å². The Labute approximate surface area is 109 Å². The van der Waals surface area contributed by atoms with Gasteiger partial charge in [0.15, 0.2) is 0 Å². The smallest absolute Gasteiger partial charge is 0.254 e. The average Bonchev–Trinajstić information content (AvgIpc) is 3.04. The topological polar surface area (TPSA) is 81.1 Å². The number of hydrogen-bond acceptors (Lipinski definition) is 6. The van der Waals surface area contributed by atoms with E-state index < -0.39 is 0 Å². The van der Waals surface area contributed by atoms with E-state index in [1.165, 1.54) is 6.33 Å². The summed E-state index contributed by atoms with van der Waals surface area (Å²) < 4.78 is 6.56. The third-order valence-corrected chi connectivity index (χ3v) is 3.16. The SMILES string of the molecule is Cc1nc2ncnn2c(N[C@@H](C)c2ccon2)c1C. The highest BCUT2D eigenvalue weighted by Gasteiger charge is 2.15. The van der Waals surface area contributed by atoms with Crippen LogP contribution in [0.3, 0.4) is 0 Å². The van der Waals surface area contributed by atoms with Crippen molar-refractivity contribution in [1.29, 1.82) is 0 Å². The van der Waals surface area contributed by atoms with E-state index in [1.54, 1.807) is 10.8 Å². The number of aryl methyl sites for hydroxylation is 1. The van der Waals surface area contributed by atoms with Gasteiger partial charge in [0.2, 0.25) is 0 Å². The van der Waals surface area contributed by atoms with Crippen molar-refractivity contribution in [3.63, 3.8) is 0 Å². The highest BCUT2D eigenvalue weighted by atomic mass is 16.5. The molecule has 0 aliphatic carbocycles. The fourth-order valence-corrected chi connectivity index (χ4v) is 1.93. The first-order valence-electron chi connectivity index (χ1n) is 6.00. The maximum Gasteiger partial charge on any atom is 0.254 e. The van der Waals surface area contributed by atoms with Crippen LogP contribution >= 0.6 is 0 Å². The summed E-state index contributed by atoms with van der Waals surface area (Å²) in [5, 5.41) is 11.5. The van der Waals surface area contributed by atoms with Crippen LogP contribution in [0.15, 0.2) is 23.2 Å². The summed E-state index contributed by atoms with van der Waals surface area (Å²) in [4.78, 5) is 8.50. The van der Waals surface area contributed by atoms with Crippen LogP contribution in [0, 0.1) is 13.8 Å². The molecule has 0 saturated heterocycles. The normalized spacial score (nSPS) is 12.8. The molecule has 0 bridgehead atoms. The first-order valence-corrected chi connectivity index (χ1v) is 6.00. The second-order valence-corrected chi connectivity index (χ2v) is 4.43. The van der Waals surface area contributed by atoms with Gasteiger partial charge in [0.25, 0.3) is 5.78 Å². The highest BCUT2D eigenvalue weighted by Crippen LogP contribution is 2.22. The molecule has 0 aliphatic rings. The number of rotatable bonds is 3. The molecule has 1 atom stereocenters. The monoisotopic (exact) mass is 258 g/mol. The van der Waals surface area contributed by atoms with E-state index in [0.29, 0.717) is 5.78 Å². The summed E-state index contributed by atoms with van der Waals surface area (Å²) in [6, 6.07) is 1.84. The maximum absolute atomic E-state index is 4.86. The molecule has 0 unspecified atom stereocenters. The first kappa shape index (κ1) is 11.6. The van der Waals surface area contributed by atoms with E-state index in [-0.39, 0.29) is 6.04 Å². The molecule has 0 fully saturated rings. The lowest BCUT2D eigenvalue weighted by atomic mass is 10.2. The van der Waals surface area contributed by atoms with E-state index in [2.05, 4.69) is 25.5 Å². The molecule has 7 nitrogen and oxygen atoms in total. The average molecular weight is 258 g/mol. The highest BCUT2D eigenvalue weighted by molar-refractivity contribution is 5.52. The van der Waals surface area contributed by atoms with Crippen molar-refractivity contribution in [2.75, 3.05) is 5.32 Å². The van der Waals surface area contributed by atoms with E-state index in [1.807, 2.05) is 26.8 Å². The Kier molecular flexibility index (Phi) is 2.66. The van der Waals surface area contributed by atoms with Gasteiger partial charge in [0.1, 0.15) is 24.1 Å². The molecule has 1 N–H and O–H groups in total. The Bertz CT molecular complexity index is 702. The predicted octanol–water partition coefficient (Wildman–Crippen LogP) is 1.90. The lowest BCUT2D eigenvalue weighted by molar-refractivity contribution is 0.409. The molecule has 19 heavy (non-hydrogen) atoms. The van der Waals surface area contributed by atoms with E-state index in [4.69, 9.17) is 4.52 Å². The second kappa shape index (κ2) is 4.34. The Balaban J connectivity index is 2.04. The van der Waals surface area contributed by atoms with Gasteiger partial charge in [0.05, 0.1) is 6.04 Å². The zero-order chi connectivity index (χ0) is 13.4. The molecule has 7 heteroatoms. The molecular weight excluding hydrogens is 244 g/mol. The minimum atomic E-state index is 0.00616. The standard InChI is InChI=1S/C12H14N6O/c1-7-8(2)16-12-13-6-14-18(12)11(7)15-9(3)10-4-5-19-17-10/h4-6,9,15H,1-3H3/t9-/m0/s1. The number of aromatic nitrogens is 5. The van der Waals surface area contributed by atoms with Gasteiger partial charge < -0.3 is 9.84 Å². The number of fused-ring (bicyclic) bond motifs is 1. The van der Waals surface area contributed by atoms with Gasteiger partial charge >= 0.3 is 0 Å². The third-order valence-electron chi connectivity index (χ3n) is 3.16. The summed E-state index contributed by atoms with van der Waals surface area (Å²) in [6.07, 6.45) is 3.05. The van der Waals surface area contributed by atoms with Gasteiger partial charge in [-0.15, -0.1) is 0 Å². The molecule has 0 radical (unpaired) electrons. The molecule has 3 rings (SSSR count). The molecule has 98 valence electrons. The summed E-state index contributed by atoms with van der Waals surface area (Å²) in [5.74, 6) is 1.45. The van der Waals surface area contributed by atoms with E-state index in [9.17, 15) is 0 Å². The van der Waals surface area contributed by atoms with Gasteiger partial charge in [-0.05, 0) is 20.8 Å². The Hall–Kier alpha value is -2.44. The van der Waals surface area contributed by atoms with Crippen LogP contribution in [0.2, 0.25) is 0 Å². The fourth-order valence-electron chi connectivity index (χ4n) is 1.93. The molecule has 0 aliphatic heterocycles. The fraction of sp³-hybridized carbons (Fsp3) is 0.333. The number of nitrogens with zero attached hydrogens (tertiary/aromatic N) is 5. The molecule has 3 heterocycles. The summed E-state index contributed by atoms with van der Waals surface area (Å²) in [7, 11) is 0. The van der Waals surface area contributed by atoms with E-state index in [0.717, 1.165) is 22.8 Å². The van der Waals surface area contributed by atoms with Crippen LogP contribution < -0.4 is 5.32 Å². The van der Waals surface area contributed by atoms with Crippen LogP contribution in [0.25, 0.3) is 5.78 Å². The number of hydrogen-bond donors (Lipinski definition) is 1. The van der Waals surface area contributed by atoms with Crippen LogP contribution in [-0.2, 0) is 0 Å². The minimum Gasteiger partial charge on any atom is -0.364 e. The molecule has 0 aromatic carbocycles. The van der Waals surface area contributed by atoms with Crippen LogP contribution in [0.1, 0.15) is 29.9 Å².